The van der Waals surface area contributed by atoms with E-state index < -0.39 is 0 Å². The Hall–Kier alpha value is -1.82. The molecule has 0 aliphatic carbocycles. The summed E-state index contributed by atoms with van der Waals surface area (Å²) in [5, 5.41) is 6.47. The Labute approximate surface area is 151 Å². The molecule has 0 saturated carbocycles. The first kappa shape index (κ1) is 19.5. The number of anilines is 1. The lowest BCUT2D eigenvalue weighted by Crippen LogP contribution is -2.46. The monoisotopic (exact) mass is 349 g/mol. The number of guanidine groups is 1. The average Bonchev–Trinajstić information content (AvgIpc) is 2.60. The van der Waals surface area contributed by atoms with Gasteiger partial charge in [-0.05, 0) is 45.0 Å². The number of likely N-dealkylation sites (N-methyl/N-ethyl adjacent to an activating group) is 1. The number of rotatable bonds is 6. The van der Waals surface area contributed by atoms with Gasteiger partial charge in [-0.1, -0.05) is 13.0 Å². The topological polar surface area (TPSA) is 42.9 Å². The molecule has 6 heteroatoms. The van der Waals surface area contributed by atoms with E-state index in [2.05, 4.69) is 46.2 Å². The summed E-state index contributed by atoms with van der Waals surface area (Å²) < 4.78 is 14.6. The minimum atomic E-state index is -0.153. The van der Waals surface area contributed by atoms with Crippen LogP contribution in [-0.2, 0) is 6.54 Å². The van der Waals surface area contributed by atoms with Gasteiger partial charge < -0.3 is 20.4 Å². The molecule has 5 nitrogen and oxygen atoms in total. The van der Waals surface area contributed by atoms with Gasteiger partial charge in [0.05, 0.1) is 12.2 Å². The van der Waals surface area contributed by atoms with Gasteiger partial charge in [-0.2, -0.15) is 0 Å². The molecule has 1 heterocycles. The van der Waals surface area contributed by atoms with E-state index in [-0.39, 0.29) is 5.82 Å². The maximum absolute atomic E-state index is 14.6. The number of nitrogens with one attached hydrogen (secondary N) is 2. The number of piperazine rings is 1. The van der Waals surface area contributed by atoms with Gasteiger partial charge in [0.2, 0.25) is 0 Å². The first-order valence-corrected chi connectivity index (χ1v) is 9.34. The zero-order valence-corrected chi connectivity index (χ0v) is 16.0. The molecular weight excluding hydrogens is 317 g/mol. The molecule has 2 rings (SSSR count). The zero-order chi connectivity index (χ0) is 18.2. The van der Waals surface area contributed by atoms with Gasteiger partial charge in [0.1, 0.15) is 5.82 Å². The van der Waals surface area contributed by atoms with Gasteiger partial charge in [0.25, 0.3) is 0 Å². The van der Waals surface area contributed by atoms with Crippen LogP contribution in [0.3, 0.4) is 0 Å². The molecule has 1 saturated heterocycles. The second-order valence-electron chi connectivity index (χ2n) is 6.70. The summed E-state index contributed by atoms with van der Waals surface area (Å²) in [4.78, 5) is 9.06. The Bertz CT molecular complexity index is 565. The maximum Gasteiger partial charge on any atom is 0.191 e. The van der Waals surface area contributed by atoms with Crippen LogP contribution >= 0.6 is 0 Å². The van der Waals surface area contributed by atoms with Gasteiger partial charge >= 0.3 is 0 Å². The van der Waals surface area contributed by atoms with Crippen LogP contribution < -0.4 is 15.5 Å². The van der Waals surface area contributed by atoms with E-state index in [9.17, 15) is 4.39 Å². The number of hydrogen-bond donors (Lipinski definition) is 2. The van der Waals surface area contributed by atoms with E-state index in [0.717, 1.165) is 50.8 Å². The Morgan fingerprint density at radius 3 is 2.48 bits per heavy atom. The maximum atomic E-state index is 14.6. The molecule has 0 atom stereocenters. The molecule has 0 aromatic heterocycles. The third-order valence-electron chi connectivity index (χ3n) is 4.36. The highest BCUT2D eigenvalue weighted by molar-refractivity contribution is 5.80. The predicted octanol–water partition coefficient (Wildman–Crippen LogP) is 2.43. The molecule has 0 unspecified atom stereocenters. The van der Waals surface area contributed by atoms with Gasteiger partial charge in [-0.3, -0.25) is 0 Å². The lowest BCUT2D eigenvalue weighted by Gasteiger charge is -2.35. The molecule has 0 radical (unpaired) electrons. The van der Waals surface area contributed by atoms with Crippen LogP contribution in [0, 0.1) is 5.82 Å². The molecule has 1 aromatic rings. The van der Waals surface area contributed by atoms with Crippen molar-refractivity contribution in [3.8, 4) is 0 Å². The van der Waals surface area contributed by atoms with Crippen molar-refractivity contribution in [2.75, 3.05) is 44.2 Å². The number of aliphatic imine (C=N–C) groups is 1. The molecule has 25 heavy (non-hydrogen) atoms. The fraction of sp³-hybridized carbons (Fsp3) is 0.632. The largest absolute Gasteiger partial charge is 0.367 e. The van der Waals surface area contributed by atoms with Crippen molar-refractivity contribution in [2.45, 2.75) is 40.3 Å². The highest BCUT2D eigenvalue weighted by atomic mass is 19.1. The summed E-state index contributed by atoms with van der Waals surface area (Å²) >= 11 is 0. The number of hydrogen-bond acceptors (Lipinski definition) is 3. The number of nitrogens with zero attached hydrogens (tertiary/aromatic N) is 3. The van der Waals surface area contributed by atoms with Crippen molar-refractivity contribution >= 4 is 11.6 Å². The highest BCUT2D eigenvalue weighted by Crippen LogP contribution is 2.22. The van der Waals surface area contributed by atoms with Crippen LogP contribution in [-0.4, -0.2) is 56.2 Å². The molecule has 2 N–H and O–H groups in total. The molecule has 140 valence electrons. The molecule has 1 aliphatic rings. The van der Waals surface area contributed by atoms with E-state index in [1.807, 2.05) is 19.1 Å². The normalized spacial score (nSPS) is 16.4. The van der Waals surface area contributed by atoms with Crippen molar-refractivity contribution < 1.29 is 4.39 Å². The van der Waals surface area contributed by atoms with E-state index in [1.54, 1.807) is 6.07 Å². The van der Waals surface area contributed by atoms with Crippen LogP contribution in [0.15, 0.2) is 23.2 Å². The van der Waals surface area contributed by atoms with E-state index >= 15 is 0 Å². The average molecular weight is 349 g/mol. The lowest BCUT2D eigenvalue weighted by molar-refractivity contribution is 0.270. The van der Waals surface area contributed by atoms with Crippen molar-refractivity contribution in [3.63, 3.8) is 0 Å². The second-order valence-corrected chi connectivity index (χ2v) is 6.70. The van der Waals surface area contributed by atoms with Gasteiger partial charge in [0, 0.05) is 38.8 Å². The molecule has 1 fully saturated rings. The summed E-state index contributed by atoms with van der Waals surface area (Å²) in [6.07, 6.45) is 0. The summed E-state index contributed by atoms with van der Waals surface area (Å²) in [6.45, 7) is 14.4. The Kier molecular flexibility index (Phi) is 7.50. The fourth-order valence-electron chi connectivity index (χ4n) is 2.97. The van der Waals surface area contributed by atoms with Crippen LogP contribution in [0.4, 0.5) is 10.1 Å². The number of halogens is 1. The quantitative estimate of drug-likeness (QED) is 0.611. The van der Waals surface area contributed by atoms with Crippen LogP contribution in [0.5, 0.6) is 0 Å². The minimum absolute atomic E-state index is 0.153. The minimum Gasteiger partial charge on any atom is -0.367 e. The van der Waals surface area contributed by atoms with E-state index in [0.29, 0.717) is 18.3 Å². The summed E-state index contributed by atoms with van der Waals surface area (Å²) in [7, 11) is 0. The van der Waals surface area contributed by atoms with Crippen molar-refractivity contribution in [1.82, 2.24) is 15.5 Å². The number of benzene rings is 1. The highest BCUT2D eigenvalue weighted by Gasteiger charge is 2.18. The molecule has 1 aromatic carbocycles. The summed E-state index contributed by atoms with van der Waals surface area (Å²) in [5.41, 5.74) is 1.59. The molecular formula is C19H32FN5. The molecule has 0 spiro atoms. The Morgan fingerprint density at radius 1 is 1.20 bits per heavy atom. The second kappa shape index (κ2) is 9.61. The Balaban J connectivity index is 2.01. The fourth-order valence-corrected chi connectivity index (χ4v) is 2.97. The smallest absolute Gasteiger partial charge is 0.191 e. The van der Waals surface area contributed by atoms with E-state index in [4.69, 9.17) is 0 Å². The first-order chi connectivity index (χ1) is 12.0. The van der Waals surface area contributed by atoms with Crippen LogP contribution in [0.2, 0.25) is 0 Å². The van der Waals surface area contributed by atoms with Gasteiger partial charge in [-0.25, -0.2) is 9.38 Å². The standard InChI is InChI=1S/C19H32FN5/c1-5-21-19(23-15(3)4)22-14-16-7-8-18(17(20)13-16)25-11-9-24(6-2)10-12-25/h7-8,13,15H,5-6,9-12,14H2,1-4H3,(H2,21,22,23). The van der Waals surface area contributed by atoms with E-state index in [1.165, 1.54) is 0 Å². The molecule has 1 aliphatic heterocycles. The Morgan fingerprint density at radius 2 is 1.92 bits per heavy atom. The summed E-state index contributed by atoms with van der Waals surface area (Å²) in [6, 6.07) is 5.79. The zero-order valence-electron chi connectivity index (χ0n) is 16.0. The third-order valence-corrected chi connectivity index (χ3v) is 4.36. The first-order valence-electron chi connectivity index (χ1n) is 9.34. The SMILES string of the molecule is CCNC(=NCc1ccc(N2CCN(CC)CC2)c(F)c1)NC(C)C. The third kappa shape index (κ3) is 5.88. The van der Waals surface area contributed by atoms with Crippen molar-refractivity contribution in [1.29, 1.82) is 0 Å². The van der Waals surface area contributed by atoms with Gasteiger partial charge in [0.15, 0.2) is 5.96 Å². The van der Waals surface area contributed by atoms with Gasteiger partial charge in [-0.15, -0.1) is 0 Å². The summed E-state index contributed by atoms with van der Waals surface area (Å²) in [5.74, 6) is 0.608. The van der Waals surface area contributed by atoms with Crippen molar-refractivity contribution in [3.05, 3.63) is 29.6 Å². The van der Waals surface area contributed by atoms with Crippen LogP contribution in [0.25, 0.3) is 0 Å². The van der Waals surface area contributed by atoms with Crippen molar-refractivity contribution in [2.24, 2.45) is 4.99 Å². The molecule has 0 amide bonds. The van der Waals surface area contributed by atoms with Crippen LogP contribution in [0.1, 0.15) is 33.3 Å². The molecule has 0 bridgehead atoms. The lowest BCUT2D eigenvalue weighted by atomic mass is 10.1. The predicted molar refractivity (Wildman–Crippen MR) is 104 cm³/mol.